The minimum Gasteiger partial charge on any atom is -0.212 e. The molecular weight excluding hydrogens is 222 g/mol. The van der Waals surface area contributed by atoms with E-state index in [1.54, 1.807) is 25.1 Å². The molecule has 1 rings (SSSR count). The van der Waals surface area contributed by atoms with Gasteiger partial charge in [0.1, 0.15) is 0 Å². The van der Waals surface area contributed by atoms with Gasteiger partial charge in [-0.05, 0) is 33.1 Å². The zero-order valence-electron chi connectivity index (χ0n) is 8.96. The van der Waals surface area contributed by atoms with Gasteiger partial charge in [0.15, 0.2) is 0 Å². The Hall–Kier alpha value is 0.200. The number of hydrogen-bond donors (Lipinski definition) is 0. The molecule has 1 aliphatic rings. The summed E-state index contributed by atoms with van der Waals surface area (Å²) in [7, 11) is -3.14. The van der Waals surface area contributed by atoms with Crippen molar-refractivity contribution in [3.05, 3.63) is 0 Å². The molecule has 0 saturated carbocycles. The Bertz CT molecular complexity index is 294. The molecule has 1 saturated heterocycles. The Labute approximate surface area is 91.5 Å². The molecule has 3 nitrogen and oxygen atoms in total. The van der Waals surface area contributed by atoms with Crippen molar-refractivity contribution in [2.75, 3.05) is 19.0 Å². The van der Waals surface area contributed by atoms with Crippen LogP contribution < -0.4 is 0 Å². The average Bonchev–Trinajstić information content (AvgIpc) is 2.49. The lowest BCUT2D eigenvalue weighted by atomic mass is 10.2. The molecule has 0 N–H and O–H groups in total. The molecule has 1 aliphatic heterocycles. The highest BCUT2D eigenvalue weighted by atomic mass is 35.5. The summed E-state index contributed by atoms with van der Waals surface area (Å²) >= 11 is 5.72. The highest BCUT2D eigenvalue weighted by Crippen LogP contribution is 2.27. The SMILES string of the molecule is CC(C)(C)S(=O)(=O)N1CCC(CCl)C1. The first-order valence-corrected chi connectivity index (χ1v) is 6.82. The van der Waals surface area contributed by atoms with Crippen LogP contribution in [0, 0.1) is 5.92 Å². The molecule has 0 spiro atoms. The third-order valence-corrected chi connectivity index (χ3v) is 5.58. The van der Waals surface area contributed by atoms with Gasteiger partial charge in [0.25, 0.3) is 0 Å². The predicted molar refractivity (Wildman–Crippen MR) is 59.1 cm³/mol. The highest BCUT2D eigenvalue weighted by molar-refractivity contribution is 7.90. The number of hydrogen-bond acceptors (Lipinski definition) is 2. The molecule has 84 valence electrons. The molecule has 0 aromatic carbocycles. The summed E-state index contributed by atoms with van der Waals surface area (Å²) in [5.74, 6) is 0.879. The monoisotopic (exact) mass is 239 g/mol. The van der Waals surface area contributed by atoms with E-state index in [1.807, 2.05) is 0 Å². The normalized spacial score (nSPS) is 25.6. The van der Waals surface area contributed by atoms with Crippen molar-refractivity contribution in [3.63, 3.8) is 0 Å². The van der Waals surface area contributed by atoms with Crippen molar-refractivity contribution in [2.45, 2.75) is 31.9 Å². The van der Waals surface area contributed by atoms with E-state index in [2.05, 4.69) is 0 Å². The van der Waals surface area contributed by atoms with E-state index in [1.165, 1.54) is 0 Å². The largest absolute Gasteiger partial charge is 0.219 e. The first-order chi connectivity index (χ1) is 6.29. The van der Waals surface area contributed by atoms with Gasteiger partial charge in [0.05, 0.1) is 4.75 Å². The molecule has 1 unspecified atom stereocenters. The maximum absolute atomic E-state index is 12.0. The van der Waals surface area contributed by atoms with Gasteiger partial charge in [0, 0.05) is 19.0 Å². The molecule has 0 radical (unpaired) electrons. The zero-order chi connectivity index (χ0) is 11.0. The van der Waals surface area contributed by atoms with Crippen LogP contribution in [0.5, 0.6) is 0 Å². The maximum atomic E-state index is 12.0. The van der Waals surface area contributed by atoms with Crippen molar-refractivity contribution in [2.24, 2.45) is 5.92 Å². The number of sulfonamides is 1. The Morgan fingerprint density at radius 1 is 1.43 bits per heavy atom. The van der Waals surface area contributed by atoms with E-state index in [0.717, 1.165) is 6.42 Å². The molecule has 14 heavy (non-hydrogen) atoms. The van der Waals surface area contributed by atoms with E-state index in [4.69, 9.17) is 11.6 Å². The lowest BCUT2D eigenvalue weighted by Gasteiger charge is -2.26. The smallest absolute Gasteiger partial charge is 0.212 e. The fourth-order valence-electron chi connectivity index (χ4n) is 1.53. The van der Waals surface area contributed by atoms with Crippen LogP contribution in [0.1, 0.15) is 27.2 Å². The van der Waals surface area contributed by atoms with Crippen LogP contribution in [-0.4, -0.2) is 36.4 Å². The molecule has 0 aliphatic carbocycles. The molecule has 1 atom stereocenters. The van der Waals surface area contributed by atoms with E-state index < -0.39 is 14.8 Å². The van der Waals surface area contributed by atoms with Crippen molar-refractivity contribution in [1.29, 1.82) is 0 Å². The molecule has 0 bridgehead atoms. The van der Waals surface area contributed by atoms with Gasteiger partial charge in [-0.3, -0.25) is 0 Å². The van der Waals surface area contributed by atoms with Gasteiger partial charge in [-0.25, -0.2) is 12.7 Å². The number of nitrogens with zero attached hydrogens (tertiary/aromatic N) is 1. The van der Waals surface area contributed by atoms with Crippen molar-refractivity contribution < 1.29 is 8.42 Å². The number of rotatable bonds is 2. The van der Waals surface area contributed by atoms with Crippen LogP contribution in [0.2, 0.25) is 0 Å². The Morgan fingerprint density at radius 2 is 2.00 bits per heavy atom. The first-order valence-electron chi connectivity index (χ1n) is 4.84. The third kappa shape index (κ3) is 2.23. The van der Waals surface area contributed by atoms with Crippen molar-refractivity contribution in [3.8, 4) is 0 Å². The van der Waals surface area contributed by atoms with E-state index in [-0.39, 0.29) is 0 Å². The van der Waals surface area contributed by atoms with Gasteiger partial charge in [-0.1, -0.05) is 0 Å². The summed E-state index contributed by atoms with van der Waals surface area (Å²) in [5, 5.41) is 0. The highest BCUT2D eigenvalue weighted by Gasteiger charge is 2.38. The van der Waals surface area contributed by atoms with Crippen molar-refractivity contribution >= 4 is 21.6 Å². The molecule has 1 heterocycles. The van der Waals surface area contributed by atoms with Gasteiger partial charge < -0.3 is 0 Å². The van der Waals surface area contributed by atoms with Crippen LogP contribution in [0.15, 0.2) is 0 Å². The van der Waals surface area contributed by atoms with Crippen LogP contribution in [0.3, 0.4) is 0 Å². The Balaban J connectivity index is 2.77. The summed E-state index contributed by atoms with van der Waals surface area (Å²) in [5.41, 5.74) is 0. The van der Waals surface area contributed by atoms with Gasteiger partial charge in [-0.2, -0.15) is 0 Å². The Kier molecular flexibility index (Phi) is 3.49. The summed E-state index contributed by atoms with van der Waals surface area (Å²) in [6.45, 7) is 6.41. The second-order valence-electron chi connectivity index (χ2n) is 4.78. The van der Waals surface area contributed by atoms with Crippen LogP contribution in [0.25, 0.3) is 0 Å². The lowest BCUT2D eigenvalue weighted by Crippen LogP contribution is -2.41. The quantitative estimate of drug-likeness (QED) is 0.688. The topological polar surface area (TPSA) is 37.4 Å². The summed E-state index contributed by atoms with van der Waals surface area (Å²) < 4.78 is 24.9. The maximum Gasteiger partial charge on any atom is 0.219 e. The van der Waals surface area contributed by atoms with Gasteiger partial charge in [0.2, 0.25) is 10.0 Å². The van der Waals surface area contributed by atoms with Gasteiger partial charge in [-0.15, -0.1) is 11.6 Å². The predicted octanol–water partition coefficient (Wildman–Crippen LogP) is 1.68. The molecule has 1 fully saturated rings. The molecular formula is C9H18ClNO2S. The summed E-state index contributed by atoms with van der Waals surface area (Å²) in [6, 6.07) is 0. The molecule has 0 aromatic rings. The minimum atomic E-state index is -3.14. The number of halogens is 1. The Morgan fingerprint density at radius 3 is 2.36 bits per heavy atom. The van der Waals surface area contributed by atoms with E-state index >= 15 is 0 Å². The van der Waals surface area contributed by atoms with Crippen molar-refractivity contribution in [1.82, 2.24) is 4.31 Å². The zero-order valence-corrected chi connectivity index (χ0v) is 10.5. The molecule has 0 aromatic heterocycles. The van der Waals surface area contributed by atoms with E-state index in [0.29, 0.717) is 24.9 Å². The van der Waals surface area contributed by atoms with E-state index in [9.17, 15) is 8.42 Å². The lowest BCUT2D eigenvalue weighted by molar-refractivity contribution is 0.441. The third-order valence-electron chi connectivity index (χ3n) is 2.58. The second-order valence-corrected chi connectivity index (χ2v) is 7.78. The fraction of sp³-hybridized carbons (Fsp3) is 1.00. The molecule has 5 heteroatoms. The summed E-state index contributed by atoms with van der Waals surface area (Å²) in [4.78, 5) is 0. The average molecular weight is 240 g/mol. The standard InChI is InChI=1S/C9H18ClNO2S/c1-9(2,3)14(12,13)11-5-4-8(6-10)7-11/h8H,4-7H2,1-3H3. The van der Waals surface area contributed by atoms with Crippen LogP contribution >= 0.6 is 11.6 Å². The first kappa shape index (κ1) is 12.3. The number of alkyl halides is 1. The van der Waals surface area contributed by atoms with Crippen LogP contribution in [-0.2, 0) is 10.0 Å². The minimum absolute atomic E-state index is 0.328. The summed E-state index contributed by atoms with van der Waals surface area (Å²) in [6.07, 6.45) is 0.888. The second kappa shape index (κ2) is 3.99. The van der Waals surface area contributed by atoms with Gasteiger partial charge >= 0.3 is 0 Å². The molecule has 0 amide bonds. The van der Waals surface area contributed by atoms with Crippen LogP contribution in [0.4, 0.5) is 0 Å². The fourth-order valence-corrected chi connectivity index (χ4v) is 3.31.